The summed E-state index contributed by atoms with van der Waals surface area (Å²) < 4.78 is 3.62. The third-order valence-corrected chi connectivity index (χ3v) is 2.83. The Kier molecular flexibility index (Phi) is 3.71. The van der Waals surface area contributed by atoms with Gasteiger partial charge in [0.2, 0.25) is 0 Å². The fourth-order valence-electron chi connectivity index (χ4n) is 1.81. The molecule has 0 saturated carbocycles. The molecule has 6 heteroatoms. The van der Waals surface area contributed by atoms with Crippen LogP contribution >= 0.6 is 0 Å². The van der Waals surface area contributed by atoms with Crippen molar-refractivity contribution in [2.24, 2.45) is 7.05 Å². The Morgan fingerprint density at radius 2 is 2.00 bits per heavy atom. The van der Waals surface area contributed by atoms with Crippen LogP contribution < -0.4 is 5.32 Å². The van der Waals surface area contributed by atoms with Gasteiger partial charge in [-0.2, -0.15) is 5.10 Å². The Labute approximate surface area is 113 Å². The van der Waals surface area contributed by atoms with Gasteiger partial charge < -0.3 is 5.32 Å². The summed E-state index contributed by atoms with van der Waals surface area (Å²) in [5.74, 6) is 0. The van der Waals surface area contributed by atoms with E-state index in [1.54, 1.807) is 4.68 Å². The molecule has 0 spiro atoms. The van der Waals surface area contributed by atoms with E-state index in [0.29, 0.717) is 6.54 Å². The van der Waals surface area contributed by atoms with Crippen LogP contribution in [0.3, 0.4) is 0 Å². The van der Waals surface area contributed by atoms with Gasteiger partial charge in [-0.1, -0.05) is 5.21 Å². The summed E-state index contributed by atoms with van der Waals surface area (Å²) in [5, 5.41) is 16.0. The molecule has 0 bridgehead atoms. The summed E-state index contributed by atoms with van der Waals surface area (Å²) in [5.41, 5.74) is 3.30. The molecule has 6 nitrogen and oxygen atoms in total. The van der Waals surface area contributed by atoms with Crippen molar-refractivity contribution in [2.75, 3.05) is 0 Å². The van der Waals surface area contributed by atoms with Crippen molar-refractivity contribution in [1.29, 1.82) is 0 Å². The predicted octanol–water partition coefficient (Wildman–Crippen LogP) is 1.26. The Hall–Kier alpha value is -1.69. The highest BCUT2D eigenvalue weighted by Gasteiger charge is 2.12. The van der Waals surface area contributed by atoms with Crippen LogP contribution in [0.2, 0.25) is 0 Å². The minimum absolute atomic E-state index is 0.111. The number of hydrogen-bond donors (Lipinski definition) is 1. The molecule has 19 heavy (non-hydrogen) atoms. The van der Waals surface area contributed by atoms with Crippen LogP contribution in [0.25, 0.3) is 0 Å². The normalized spacial score (nSPS) is 12.1. The molecule has 0 aliphatic carbocycles. The average Bonchev–Trinajstić information content (AvgIpc) is 2.82. The van der Waals surface area contributed by atoms with E-state index in [9.17, 15) is 0 Å². The first-order valence-corrected chi connectivity index (χ1v) is 6.47. The van der Waals surface area contributed by atoms with Gasteiger partial charge >= 0.3 is 0 Å². The largest absolute Gasteiger partial charge is 0.308 e. The molecule has 0 aliphatic heterocycles. The first-order chi connectivity index (χ1) is 8.83. The van der Waals surface area contributed by atoms with E-state index >= 15 is 0 Å². The van der Waals surface area contributed by atoms with Crippen molar-refractivity contribution < 1.29 is 0 Å². The molecule has 0 aromatic carbocycles. The predicted molar refractivity (Wildman–Crippen MR) is 73.7 cm³/mol. The van der Waals surface area contributed by atoms with Crippen molar-refractivity contribution in [1.82, 2.24) is 30.1 Å². The van der Waals surface area contributed by atoms with E-state index in [-0.39, 0.29) is 5.54 Å². The second kappa shape index (κ2) is 5.13. The van der Waals surface area contributed by atoms with Crippen LogP contribution in [0.5, 0.6) is 0 Å². The molecule has 104 valence electrons. The van der Waals surface area contributed by atoms with Gasteiger partial charge in [0.25, 0.3) is 0 Å². The van der Waals surface area contributed by atoms with Crippen molar-refractivity contribution in [3.05, 3.63) is 29.3 Å². The lowest BCUT2D eigenvalue weighted by Gasteiger charge is -2.20. The van der Waals surface area contributed by atoms with Crippen LogP contribution in [0.15, 0.2) is 12.4 Å². The highest BCUT2D eigenvalue weighted by molar-refractivity contribution is 5.16. The smallest absolute Gasteiger partial charge is 0.104 e. The maximum atomic E-state index is 4.52. The molecule has 2 rings (SSSR count). The van der Waals surface area contributed by atoms with E-state index in [1.165, 1.54) is 5.56 Å². The summed E-state index contributed by atoms with van der Waals surface area (Å²) in [6.45, 7) is 10.00. The van der Waals surface area contributed by atoms with E-state index < -0.39 is 0 Å². The zero-order valence-corrected chi connectivity index (χ0v) is 12.3. The van der Waals surface area contributed by atoms with Crippen molar-refractivity contribution >= 4 is 0 Å². The van der Waals surface area contributed by atoms with E-state index in [1.807, 2.05) is 24.9 Å². The molecule has 2 aromatic heterocycles. The average molecular weight is 262 g/mol. The quantitative estimate of drug-likeness (QED) is 0.901. The molecule has 1 N–H and O–H groups in total. The number of aromatic nitrogens is 5. The van der Waals surface area contributed by atoms with E-state index in [2.05, 4.69) is 47.7 Å². The fourth-order valence-corrected chi connectivity index (χ4v) is 1.81. The van der Waals surface area contributed by atoms with Crippen LogP contribution in [0, 0.1) is 6.92 Å². The van der Waals surface area contributed by atoms with E-state index in [4.69, 9.17) is 0 Å². The lowest BCUT2D eigenvalue weighted by atomic mass is 10.1. The van der Waals surface area contributed by atoms with Crippen molar-refractivity contribution in [3.63, 3.8) is 0 Å². The second-order valence-corrected chi connectivity index (χ2v) is 5.92. The fraction of sp³-hybridized carbons (Fsp3) is 0.615. The summed E-state index contributed by atoms with van der Waals surface area (Å²) in [6, 6.07) is 0. The van der Waals surface area contributed by atoms with E-state index in [0.717, 1.165) is 17.9 Å². The molecule has 0 saturated heterocycles. The summed E-state index contributed by atoms with van der Waals surface area (Å²) >= 11 is 0. The van der Waals surface area contributed by atoms with Crippen LogP contribution in [0.1, 0.15) is 37.7 Å². The number of aryl methyl sites for hydroxylation is 2. The Bertz CT molecular complexity index is 546. The van der Waals surface area contributed by atoms with Crippen molar-refractivity contribution in [2.45, 2.75) is 46.3 Å². The Morgan fingerprint density at radius 3 is 2.58 bits per heavy atom. The molecule has 0 amide bonds. The van der Waals surface area contributed by atoms with Gasteiger partial charge in [0.15, 0.2) is 0 Å². The second-order valence-electron chi connectivity index (χ2n) is 5.92. The lowest BCUT2D eigenvalue weighted by molar-refractivity contribution is 0.423. The number of nitrogens with zero attached hydrogens (tertiary/aromatic N) is 5. The highest BCUT2D eigenvalue weighted by atomic mass is 15.4. The molecule has 2 aromatic rings. The van der Waals surface area contributed by atoms with Crippen LogP contribution in [-0.2, 0) is 20.1 Å². The SMILES string of the molecule is Cc1nn(Cc2cn(C)nn2)cc1CNC(C)(C)C. The van der Waals surface area contributed by atoms with Crippen molar-refractivity contribution in [3.8, 4) is 0 Å². The Balaban J connectivity index is 2.04. The number of hydrogen-bond acceptors (Lipinski definition) is 4. The molecule has 0 unspecified atom stereocenters. The standard InChI is InChI=1S/C13H22N6/c1-10-11(6-14-13(2,3)4)7-19(16-10)9-12-8-18(5)17-15-12/h7-8,14H,6,9H2,1-5H3. The van der Waals surface area contributed by atoms with Crippen LogP contribution in [-0.4, -0.2) is 30.3 Å². The van der Waals surface area contributed by atoms with Gasteiger partial charge in [0.1, 0.15) is 5.69 Å². The zero-order valence-electron chi connectivity index (χ0n) is 12.3. The van der Waals surface area contributed by atoms with Gasteiger partial charge in [0, 0.05) is 37.1 Å². The summed E-state index contributed by atoms with van der Waals surface area (Å²) in [4.78, 5) is 0. The number of nitrogens with one attached hydrogen (secondary N) is 1. The van der Waals surface area contributed by atoms with Gasteiger partial charge in [-0.3, -0.25) is 9.36 Å². The molecule has 0 fully saturated rings. The maximum Gasteiger partial charge on any atom is 0.104 e. The molecule has 0 atom stereocenters. The molecule has 2 heterocycles. The monoisotopic (exact) mass is 262 g/mol. The van der Waals surface area contributed by atoms with Gasteiger partial charge in [0.05, 0.1) is 12.2 Å². The topological polar surface area (TPSA) is 60.6 Å². The Morgan fingerprint density at radius 1 is 1.26 bits per heavy atom. The third kappa shape index (κ3) is 3.89. The molecule has 0 aliphatic rings. The van der Waals surface area contributed by atoms with Crippen LogP contribution in [0.4, 0.5) is 0 Å². The van der Waals surface area contributed by atoms with Gasteiger partial charge in [-0.25, -0.2) is 0 Å². The van der Waals surface area contributed by atoms with Gasteiger partial charge in [-0.15, -0.1) is 5.10 Å². The minimum Gasteiger partial charge on any atom is -0.308 e. The minimum atomic E-state index is 0.111. The summed E-state index contributed by atoms with van der Waals surface area (Å²) in [7, 11) is 1.86. The first kappa shape index (κ1) is 13.7. The highest BCUT2D eigenvalue weighted by Crippen LogP contribution is 2.09. The summed E-state index contributed by atoms with van der Waals surface area (Å²) in [6.07, 6.45) is 3.98. The molecular weight excluding hydrogens is 240 g/mol. The third-order valence-electron chi connectivity index (χ3n) is 2.83. The zero-order chi connectivity index (χ0) is 14.0. The first-order valence-electron chi connectivity index (χ1n) is 6.47. The van der Waals surface area contributed by atoms with Gasteiger partial charge in [-0.05, 0) is 27.7 Å². The molecular formula is C13H22N6. The molecule has 0 radical (unpaired) electrons. The number of rotatable bonds is 4. The lowest BCUT2D eigenvalue weighted by Crippen LogP contribution is -2.35. The maximum absolute atomic E-state index is 4.52.